The van der Waals surface area contributed by atoms with Gasteiger partial charge in [0.25, 0.3) is 5.91 Å². The van der Waals surface area contributed by atoms with E-state index < -0.39 is 0 Å². The minimum atomic E-state index is -0.0828. The number of carbonyl (C=O) groups excluding carboxylic acids is 1. The third-order valence-corrected chi connectivity index (χ3v) is 5.12. The van der Waals surface area contributed by atoms with E-state index in [1.54, 1.807) is 6.20 Å². The highest BCUT2D eigenvalue weighted by Crippen LogP contribution is 2.27. The summed E-state index contributed by atoms with van der Waals surface area (Å²) in [6, 6.07) is 7.69. The summed E-state index contributed by atoms with van der Waals surface area (Å²) in [6.07, 6.45) is 4.11. The molecule has 0 spiro atoms. The fourth-order valence-electron chi connectivity index (χ4n) is 3.61. The number of fused-ring (bicyclic) bond motifs is 4. The number of benzene rings is 1. The number of rotatable bonds is 2. The minimum absolute atomic E-state index is 0.0828. The van der Waals surface area contributed by atoms with E-state index in [4.69, 9.17) is 11.6 Å². The van der Waals surface area contributed by atoms with E-state index in [1.807, 2.05) is 24.3 Å². The van der Waals surface area contributed by atoms with Gasteiger partial charge in [0.1, 0.15) is 5.69 Å². The van der Waals surface area contributed by atoms with Crippen molar-refractivity contribution in [2.24, 2.45) is 5.92 Å². The fourth-order valence-corrected chi connectivity index (χ4v) is 3.79. The van der Waals surface area contributed by atoms with E-state index in [9.17, 15) is 4.79 Å². The number of aromatic nitrogens is 1. The van der Waals surface area contributed by atoms with Crippen LogP contribution in [0.2, 0.25) is 5.02 Å². The van der Waals surface area contributed by atoms with E-state index in [0.29, 0.717) is 16.6 Å². The molecule has 4 nitrogen and oxygen atoms in total. The van der Waals surface area contributed by atoms with Crippen molar-refractivity contribution in [3.63, 3.8) is 0 Å². The van der Waals surface area contributed by atoms with Crippen molar-refractivity contribution in [3.8, 4) is 0 Å². The molecule has 114 valence electrons. The monoisotopic (exact) mass is 315 g/mol. The van der Waals surface area contributed by atoms with Crippen LogP contribution in [-0.2, 0) is 0 Å². The number of nitrogens with one attached hydrogen (secondary N) is 1. The smallest absolute Gasteiger partial charge is 0.270 e. The van der Waals surface area contributed by atoms with Crippen molar-refractivity contribution in [1.29, 1.82) is 0 Å². The highest BCUT2D eigenvalue weighted by Gasteiger charge is 2.35. The molecule has 2 bridgehead atoms. The largest absolute Gasteiger partial charge is 0.346 e. The van der Waals surface area contributed by atoms with Crippen molar-refractivity contribution in [1.82, 2.24) is 15.2 Å². The summed E-state index contributed by atoms with van der Waals surface area (Å²) < 4.78 is 0. The second-order valence-electron chi connectivity index (χ2n) is 6.28. The zero-order chi connectivity index (χ0) is 15.1. The highest BCUT2D eigenvalue weighted by molar-refractivity contribution is 6.31. The van der Waals surface area contributed by atoms with Crippen LogP contribution in [-0.4, -0.2) is 41.5 Å². The van der Waals surface area contributed by atoms with Crippen LogP contribution in [0, 0.1) is 5.92 Å². The molecular formula is C17H18ClN3O. The summed E-state index contributed by atoms with van der Waals surface area (Å²) >= 11 is 6.02. The van der Waals surface area contributed by atoms with Gasteiger partial charge in [-0.1, -0.05) is 17.7 Å². The first kappa shape index (κ1) is 14.0. The zero-order valence-electron chi connectivity index (χ0n) is 12.3. The quantitative estimate of drug-likeness (QED) is 0.927. The zero-order valence-corrected chi connectivity index (χ0v) is 13.0. The van der Waals surface area contributed by atoms with Crippen LogP contribution in [0.3, 0.4) is 0 Å². The Balaban J connectivity index is 1.55. The second kappa shape index (κ2) is 5.52. The average molecular weight is 316 g/mol. The topological polar surface area (TPSA) is 45.2 Å². The predicted octanol–water partition coefficient (Wildman–Crippen LogP) is 2.71. The molecule has 1 aromatic carbocycles. The fraction of sp³-hybridized carbons (Fsp3) is 0.412. The SMILES string of the molecule is O=C(N[C@H]1CN2CCC1CC2)c1cc2cc(Cl)ccc2cn1. The lowest BCUT2D eigenvalue weighted by atomic mass is 9.84. The maximum absolute atomic E-state index is 12.5. The van der Waals surface area contributed by atoms with Gasteiger partial charge in [0.05, 0.1) is 0 Å². The predicted molar refractivity (Wildman–Crippen MR) is 87.2 cm³/mol. The van der Waals surface area contributed by atoms with Crippen molar-refractivity contribution < 1.29 is 4.79 Å². The Morgan fingerprint density at radius 3 is 2.77 bits per heavy atom. The van der Waals surface area contributed by atoms with Gasteiger partial charge in [0, 0.05) is 29.2 Å². The third-order valence-electron chi connectivity index (χ3n) is 4.89. The first-order valence-electron chi connectivity index (χ1n) is 7.77. The van der Waals surface area contributed by atoms with Crippen molar-refractivity contribution in [2.75, 3.05) is 19.6 Å². The minimum Gasteiger partial charge on any atom is -0.346 e. The first-order valence-corrected chi connectivity index (χ1v) is 8.15. The molecule has 5 heteroatoms. The van der Waals surface area contributed by atoms with Gasteiger partial charge in [-0.05, 0) is 55.4 Å². The molecule has 22 heavy (non-hydrogen) atoms. The number of piperidine rings is 3. The Bertz CT molecular complexity index is 725. The van der Waals surface area contributed by atoms with Crippen molar-refractivity contribution in [2.45, 2.75) is 18.9 Å². The summed E-state index contributed by atoms with van der Waals surface area (Å²) in [5, 5.41) is 5.77. The lowest BCUT2D eigenvalue weighted by Crippen LogP contribution is -2.57. The number of hydrogen-bond donors (Lipinski definition) is 1. The summed E-state index contributed by atoms with van der Waals surface area (Å²) in [4.78, 5) is 19.2. The van der Waals surface area contributed by atoms with Crippen LogP contribution in [0.1, 0.15) is 23.3 Å². The maximum Gasteiger partial charge on any atom is 0.270 e. The van der Waals surface area contributed by atoms with E-state index in [2.05, 4.69) is 15.2 Å². The van der Waals surface area contributed by atoms with Crippen molar-refractivity contribution >= 4 is 28.3 Å². The normalized spacial score (nSPS) is 27.0. The summed E-state index contributed by atoms with van der Waals surface area (Å²) in [5.74, 6) is 0.532. The molecule has 2 aromatic rings. The van der Waals surface area contributed by atoms with Gasteiger partial charge < -0.3 is 10.2 Å². The number of amides is 1. The van der Waals surface area contributed by atoms with E-state index >= 15 is 0 Å². The molecule has 0 aliphatic carbocycles. The third kappa shape index (κ3) is 2.57. The Morgan fingerprint density at radius 2 is 2.05 bits per heavy atom. The molecular weight excluding hydrogens is 298 g/mol. The van der Waals surface area contributed by atoms with Gasteiger partial charge in [-0.15, -0.1) is 0 Å². The molecule has 3 saturated heterocycles. The molecule has 3 aliphatic heterocycles. The van der Waals surface area contributed by atoms with Crippen LogP contribution in [0.15, 0.2) is 30.5 Å². The molecule has 0 saturated carbocycles. The Labute approximate surface area is 134 Å². The second-order valence-corrected chi connectivity index (χ2v) is 6.72. The number of halogens is 1. The van der Waals surface area contributed by atoms with Crippen LogP contribution in [0.25, 0.3) is 10.8 Å². The molecule has 0 unspecified atom stereocenters. The number of nitrogens with zero attached hydrogens (tertiary/aromatic N) is 2. The standard InChI is InChI=1S/C17H18ClN3O/c18-14-2-1-12-9-19-15(8-13(12)7-14)17(22)20-16-10-21-5-3-11(16)4-6-21/h1-2,7-9,11,16H,3-6,10H2,(H,20,22)/t16-/m0/s1. The van der Waals surface area contributed by atoms with Gasteiger partial charge in [-0.3, -0.25) is 9.78 Å². The Kier molecular flexibility index (Phi) is 3.51. The Morgan fingerprint density at radius 1 is 1.23 bits per heavy atom. The van der Waals surface area contributed by atoms with Crippen molar-refractivity contribution in [3.05, 3.63) is 41.2 Å². The molecule has 3 fully saturated rings. The summed E-state index contributed by atoms with van der Waals surface area (Å²) in [6.45, 7) is 3.31. The van der Waals surface area contributed by atoms with Gasteiger partial charge in [-0.25, -0.2) is 0 Å². The van der Waals surface area contributed by atoms with E-state index in [-0.39, 0.29) is 11.9 Å². The lowest BCUT2D eigenvalue weighted by molar-refractivity contribution is 0.0618. The first-order chi connectivity index (χ1) is 10.7. The molecule has 1 aromatic heterocycles. The number of pyridine rings is 1. The van der Waals surface area contributed by atoms with Crippen LogP contribution < -0.4 is 5.32 Å². The highest BCUT2D eigenvalue weighted by atomic mass is 35.5. The van der Waals surface area contributed by atoms with Gasteiger partial charge >= 0.3 is 0 Å². The van der Waals surface area contributed by atoms with Crippen LogP contribution in [0.4, 0.5) is 0 Å². The van der Waals surface area contributed by atoms with Gasteiger partial charge in [0.2, 0.25) is 0 Å². The molecule has 5 rings (SSSR count). The van der Waals surface area contributed by atoms with Crippen LogP contribution >= 0.6 is 11.6 Å². The number of hydrogen-bond acceptors (Lipinski definition) is 3. The number of carbonyl (C=O) groups is 1. The van der Waals surface area contributed by atoms with E-state index in [1.165, 1.54) is 25.9 Å². The molecule has 1 atom stereocenters. The summed E-state index contributed by atoms with van der Waals surface area (Å²) in [5.41, 5.74) is 0.464. The summed E-state index contributed by atoms with van der Waals surface area (Å²) in [7, 11) is 0. The Hall–Kier alpha value is -1.65. The maximum atomic E-state index is 12.5. The molecule has 4 heterocycles. The molecule has 1 amide bonds. The lowest BCUT2D eigenvalue weighted by Gasteiger charge is -2.44. The average Bonchev–Trinajstić information content (AvgIpc) is 2.55. The van der Waals surface area contributed by atoms with Crippen LogP contribution in [0.5, 0.6) is 0 Å². The molecule has 1 N–H and O–H groups in total. The molecule has 0 radical (unpaired) electrons. The van der Waals surface area contributed by atoms with Gasteiger partial charge in [-0.2, -0.15) is 0 Å². The van der Waals surface area contributed by atoms with E-state index in [0.717, 1.165) is 17.3 Å². The van der Waals surface area contributed by atoms with Gasteiger partial charge in [0.15, 0.2) is 0 Å². The molecule has 3 aliphatic rings.